The van der Waals surface area contributed by atoms with E-state index in [0.717, 1.165) is 35.2 Å². The van der Waals surface area contributed by atoms with Crippen molar-refractivity contribution in [2.45, 2.75) is 30.2 Å². The molecule has 1 aliphatic rings. The summed E-state index contributed by atoms with van der Waals surface area (Å²) >= 11 is 0. The summed E-state index contributed by atoms with van der Waals surface area (Å²) in [6, 6.07) is 42.0. The van der Waals surface area contributed by atoms with Crippen molar-refractivity contribution < 1.29 is 9.84 Å². The molecule has 1 fully saturated rings. The smallest absolute Gasteiger partial charge is 0.174 e. The number of hydrogen-bond acceptors (Lipinski definition) is 3. The van der Waals surface area contributed by atoms with E-state index in [4.69, 9.17) is 4.74 Å². The summed E-state index contributed by atoms with van der Waals surface area (Å²) in [5.74, 6) is 0. The highest BCUT2D eigenvalue weighted by Gasteiger charge is 2.57. The third kappa shape index (κ3) is 3.48. The number of rotatable bonds is 6. The van der Waals surface area contributed by atoms with Crippen molar-refractivity contribution in [2.75, 3.05) is 13.7 Å². The standard InChI is InChI=1S/C31H31NO2/c1-34-31(28-21-12-5-13-22-28)29(33)23-14-24-32(31)30(25-15-6-2-7-16-25,26-17-8-3-9-18-26)27-19-10-4-11-20-27/h2-13,15-22,29,33H,14,23-24H2,1H3. The number of likely N-dealkylation sites (tertiary alicyclic amines) is 1. The Balaban J connectivity index is 1.90. The van der Waals surface area contributed by atoms with Crippen LogP contribution in [-0.4, -0.2) is 29.8 Å². The highest BCUT2D eigenvalue weighted by molar-refractivity contribution is 5.51. The normalized spacial score (nSPS) is 21.3. The predicted octanol–water partition coefficient (Wildman–Crippen LogP) is 5.93. The van der Waals surface area contributed by atoms with Crippen LogP contribution in [0, 0.1) is 0 Å². The van der Waals surface area contributed by atoms with Gasteiger partial charge in [0.15, 0.2) is 5.72 Å². The molecule has 1 heterocycles. The molecule has 2 atom stereocenters. The lowest BCUT2D eigenvalue weighted by Gasteiger charge is -2.58. The van der Waals surface area contributed by atoms with Crippen LogP contribution in [0.15, 0.2) is 121 Å². The molecule has 34 heavy (non-hydrogen) atoms. The van der Waals surface area contributed by atoms with Gasteiger partial charge >= 0.3 is 0 Å². The lowest BCUT2D eigenvalue weighted by molar-refractivity contribution is -0.247. The first-order valence-corrected chi connectivity index (χ1v) is 12.0. The molecule has 1 saturated heterocycles. The maximum Gasteiger partial charge on any atom is 0.174 e. The Bertz CT molecular complexity index is 1080. The SMILES string of the molecule is COC1(c2ccccc2)C(O)CCCN1C(c1ccccc1)(c1ccccc1)c1ccccc1. The zero-order valence-corrected chi connectivity index (χ0v) is 19.5. The van der Waals surface area contributed by atoms with Gasteiger partial charge in [0, 0.05) is 19.2 Å². The Labute approximate surface area is 202 Å². The zero-order chi connectivity index (χ0) is 23.4. The molecule has 3 heteroatoms. The summed E-state index contributed by atoms with van der Waals surface area (Å²) in [7, 11) is 1.72. The first-order valence-electron chi connectivity index (χ1n) is 12.0. The van der Waals surface area contributed by atoms with Crippen LogP contribution in [-0.2, 0) is 16.0 Å². The first-order chi connectivity index (χ1) is 16.7. The molecule has 3 nitrogen and oxygen atoms in total. The number of hydrogen-bond donors (Lipinski definition) is 1. The van der Waals surface area contributed by atoms with Crippen LogP contribution in [0.2, 0.25) is 0 Å². The largest absolute Gasteiger partial charge is 0.388 e. The molecule has 1 aliphatic heterocycles. The number of aliphatic hydroxyl groups excluding tert-OH is 1. The van der Waals surface area contributed by atoms with E-state index in [1.807, 2.05) is 18.2 Å². The van der Waals surface area contributed by atoms with E-state index in [1.165, 1.54) is 0 Å². The fourth-order valence-corrected chi connectivity index (χ4v) is 5.80. The average Bonchev–Trinajstić information content (AvgIpc) is 2.92. The molecule has 0 bridgehead atoms. The van der Waals surface area contributed by atoms with E-state index in [9.17, 15) is 5.11 Å². The molecule has 0 aliphatic carbocycles. The Hall–Kier alpha value is -3.24. The molecule has 5 rings (SSSR count). The number of piperidine rings is 1. The topological polar surface area (TPSA) is 32.7 Å². The van der Waals surface area contributed by atoms with Crippen molar-refractivity contribution in [1.29, 1.82) is 0 Å². The van der Waals surface area contributed by atoms with Gasteiger partial charge in [-0.2, -0.15) is 0 Å². The number of nitrogens with zero attached hydrogens (tertiary/aromatic N) is 1. The summed E-state index contributed by atoms with van der Waals surface area (Å²) in [4.78, 5) is 2.39. The van der Waals surface area contributed by atoms with Gasteiger partial charge in [0.25, 0.3) is 0 Å². The molecule has 0 saturated carbocycles. The van der Waals surface area contributed by atoms with E-state index >= 15 is 0 Å². The highest BCUT2D eigenvalue weighted by atomic mass is 16.5. The summed E-state index contributed by atoms with van der Waals surface area (Å²) in [5, 5.41) is 11.7. The molecule has 0 aromatic heterocycles. The molecule has 0 radical (unpaired) electrons. The van der Waals surface area contributed by atoms with E-state index in [1.54, 1.807) is 7.11 Å². The lowest BCUT2D eigenvalue weighted by atomic mass is 9.71. The summed E-state index contributed by atoms with van der Waals surface area (Å²) < 4.78 is 6.44. The van der Waals surface area contributed by atoms with Gasteiger partial charge in [-0.1, -0.05) is 121 Å². The minimum absolute atomic E-state index is 0.674. The van der Waals surface area contributed by atoms with Crippen LogP contribution in [0.5, 0.6) is 0 Å². The zero-order valence-electron chi connectivity index (χ0n) is 19.5. The number of methoxy groups -OCH3 is 1. The molecule has 1 N–H and O–H groups in total. The van der Waals surface area contributed by atoms with Gasteiger partial charge < -0.3 is 9.84 Å². The summed E-state index contributed by atoms with van der Waals surface area (Å²) in [6.07, 6.45) is 0.852. The minimum Gasteiger partial charge on any atom is -0.388 e. The average molecular weight is 450 g/mol. The lowest BCUT2D eigenvalue weighted by Crippen LogP contribution is -2.66. The van der Waals surface area contributed by atoms with Crippen molar-refractivity contribution >= 4 is 0 Å². The van der Waals surface area contributed by atoms with E-state index < -0.39 is 17.4 Å². The highest BCUT2D eigenvalue weighted by Crippen LogP contribution is 2.52. The van der Waals surface area contributed by atoms with Crippen molar-refractivity contribution in [3.05, 3.63) is 144 Å². The van der Waals surface area contributed by atoms with Crippen molar-refractivity contribution in [3.8, 4) is 0 Å². The summed E-state index contributed by atoms with van der Waals surface area (Å²) in [5.41, 5.74) is 2.66. The second-order valence-electron chi connectivity index (χ2n) is 8.88. The second kappa shape index (κ2) is 9.55. The van der Waals surface area contributed by atoms with Gasteiger partial charge in [-0.25, -0.2) is 0 Å². The monoisotopic (exact) mass is 449 g/mol. The van der Waals surface area contributed by atoms with Crippen LogP contribution < -0.4 is 0 Å². The van der Waals surface area contributed by atoms with Gasteiger partial charge in [-0.05, 0) is 29.5 Å². The predicted molar refractivity (Wildman–Crippen MR) is 136 cm³/mol. The maximum absolute atomic E-state index is 11.7. The van der Waals surface area contributed by atoms with Crippen LogP contribution in [0.25, 0.3) is 0 Å². The van der Waals surface area contributed by atoms with Crippen LogP contribution >= 0.6 is 0 Å². The molecule has 2 unspecified atom stereocenters. The quantitative estimate of drug-likeness (QED) is 0.370. The number of aliphatic hydroxyl groups is 1. The van der Waals surface area contributed by atoms with Gasteiger partial charge in [-0.15, -0.1) is 0 Å². The van der Waals surface area contributed by atoms with Crippen molar-refractivity contribution in [1.82, 2.24) is 4.90 Å². The van der Waals surface area contributed by atoms with Gasteiger partial charge in [0.05, 0.1) is 5.54 Å². The fraction of sp³-hybridized carbons (Fsp3) is 0.226. The molecule has 4 aromatic carbocycles. The van der Waals surface area contributed by atoms with Crippen LogP contribution in [0.3, 0.4) is 0 Å². The van der Waals surface area contributed by atoms with Crippen molar-refractivity contribution in [3.63, 3.8) is 0 Å². The van der Waals surface area contributed by atoms with E-state index in [-0.39, 0.29) is 0 Å². The Morgan fingerprint density at radius 2 is 1.12 bits per heavy atom. The van der Waals surface area contributed by atoms with Gasteiger partial charge in [-0.3, -0.25) is 4.90 Å². The maximum atomic E-state index is 11.7. The Morgan fingerprint density at radius 3 is 1.53 bits per heavy atom. The molecule has 0 spiro atoms. The second-order valence-corrected chi connectivity index (χ2v) is 8.88. The Kier molecular flexibility index (Phi) is 6.34. The van der Waals surface area contributed by atoms with E-state index in [0.29, 0.717) is 6.42 Å². The number of benzene rings is 4. The molecular weight excluding hydrogens is 418 g/mol. The van der Waals surface area contributed by atoms with Gasteiger partial charge in [0.2, 0.25) is 0 Å². The summed E-state index contributed by atoms with van der Waals surface area (Å²) in [6.45, 7) is 0.762. The Morgan fingerprint density at radius 1 is 0.706 bits per heavy atom. The molecule has 4 aromatic rings. The number of ether oxygens (including phenoxy) is 1. The molecular formula is C31H31NO2. The fourth-order valence-electron chi connectivity index (χ4n) is 5.80. The molecule has 0 amide bonds. The first kappa shape index (κ1) is 22.5. The third-order valence-corrected chi connectivity index (χ3v) is 7.19. The third-order valence-electron chi connectivity index (χ3n) is 7.19. The van der Waals surface area contributed by atoms with Gasteiger partial charge in [0.1, 0.15) is 6.10 Å². The van der Waals surface area contributed by atoms with Crippen molar-refractivity contribution in [2.24, 2.45) is 0 Å². The van der Waals surface area contributed by atoms with Crippen LogP contribution in [0.4, 0.5) is 0 Å². The van der Waals surface area contributed by atoms with Crippen LogP contribution in [0.1, 0.15) is 35.1 Å². The van der Waals surface area contributed by atoms with E-state index in [2.05, 4.69) is 108 Å². The minimum atomic E-state index is -1.03. The molecule has 172 valence electrons.